The van der Waals surface area contributed by atoms with E-state index in [4.69, 9.17) is 34.1 Å². The van der Waals surface area contributed by atoms with Crippen molar-refractivity contribution in [3.05, 3.63) is 43.0 Å². The lowest BCUT2D eigenvalue weighted by Crippen LogP contribution is -1.91. The van der Waals surface area contributed by atoms with Crippen molar-refractivity contribution in [2.24, 2.45) is 0 Å². The summed E-state index contributed by atoms with van der Waals surface area (Å²) in [7, 11) is 0. The molecule has 1 rings (SSSR count). The fraction of sp³-hybridized carbons (Fsp3) is 0.111. The molecule has 0 aromatic heterocycles. The van der Waals surface area contributed by atoms with Crippen LogP contribution < -0.4 is 4.74 Å². The second-order valence-corrected chi connectivity index (χ2v) is 7.93. The van der Waals surface area contributed by atoms with Crippen LogP contribution in [0.1, 0.15) is 0 Å². The summed E-state index contributed by atoms with van der Waals surface area (Å²) in [6, 6.07) is 9.69. The first-order chi connectivity index (χ1) is 8.93. The topological polar surface area (TPSA) is 131 Å². The first kappa shape index (κ1) is 22.1. The summed E-state index contributed by atoms with van der Waals surface area (Å²) in [4.78, 5) is 45.3. The van der Waals surface area contributed by atoms with E-state index in [9.17, 15) is 0 Å². The van der Waals surface area contributed by atoms with Crippen LogP contribution in [0.3, 0.4) is 0 Å². The summed E-state index contributed by atoms with van der Waals surface area (Å²) >= 11 is 7.21. The Morgan fingerprint density at radius 3 is 1.60 bits per heavy atom. The number of hydrogen-bond acceptors (Lipinski definition) is 3. The number of rotatable bonds is 3. The van der Waals surface area contributed by atoms with Crippen LogP contribution in [0.15, 0.2) is 43.0 Å². The zero-order valence-electron chi connectivity index (χ0n) is 10.2. The van der Waals surface area contributed by atoms with Gasteiger partial charge in [-0.2, -0.15) is 0 Å². The van der Waals surface area contributed by atoms with Crippen LogP contribution in [0.2, 0.25) is 0 Å². The molecule has 0 heterocycles. The Kier molecular flexibility index (Phi) is 12.7. The molecule has 0 aliphatic carbocycles. The number of ether oxygens (including phenoxy) is 1. The highest BCUT2D eigenvalue weighted by atomic mass is 32.5. The molecule has 0 aliphatic rings. The molecule has 11 heteroatoms. The molecule has 0 bridgehead atoms. The van der Waals surface area contributed by atoms with Crippen molar-refractivity contribution < 1.29 is 34.1 Å². The maximum Gasteiger partial charge on any atom is 0.319 e. The molecule has 1 aromatic rings. The molecular formula is C9H16O7P2S2. The summed E-state index contributed by atoms with van der Waals surface area (Å²) in [6.45, 7) is -3.49. The largest absolute Gasteiger partial charge is 0.490 e. The van der Waals surface area contributed by atoms with Crippen LogP contribution in [-0.4, -0.2) is 36.0 Å². The van der Waals surface area contributed by atoms with Gasteiger partial charge in [-0.25, -0.2) is 0 Å². The van der Waals surface area contributed by atoms with E-state index in [1.807, 2.05) is 30.3 Å². The smallest absolute Gasteiger partial charge is 0.319 e. The minimum absolute atomic E-state index is 0.573. The van der Waals surface area contributed by atoms with E-state index >= 15 is 0 Å². The number of para-hydroxylation sites is 1. The van der Waals surface area contributed by atoms with Gasteiger partial charge in [0.2, 0.25) is 0 Å². The second-order valence-electron chi connectivity index (χ2n) is 2.94. The van der Waals surface area contributed by atoms with Crippen molar-refractivity contribution in [3.8, 4) is 5.75 Å². The molecule has 0 unspecified atom stereocenters. The Morgan fingerprint density at radius 1 is 0.950 bits per heavy atom. The summed E-state index contributed by atoms with van der Waals surface area (Å²) in [5.74, 6) is 0.891. The molecule has 7 nitrogen and oxygen atoms in total. The van der Waals surface area contributed by atoms with E-state index in [0.717, 1.165) is 5.75 Å². The van der Waals surface area contributed by atoms with Crippen molar-refractivity contribution in [3.63, 3.8) is 0 Å². The first-order valence-corrected chi connectivity index (χ1v) is 10.1. The normalized spacial score (nSPS) is 10.3. The molecule has 0 spiro atoms. The second kappa shape index (κ2) is 11.5. The van der Waals surface area contributed by atoms with Gasteiger partial charge in [0, 0.05) is 0 Å². The van der Waals surface area contributed by atoms with E-state index < -0.39 is 13.4 Å². The van der Waals surface area contributed by atoms with Crippen molar-refractivity contribution in [2.45, 2.75) is 0 Å². The average Bonchev–Trinajstić information content (AvgIpc) is 2.23. The third kappa shape index (κ3) is 36.1. The third-order valence-electron chi connectivity index (χ3n) is 1.11. The number of hydrogen-bond donors (Lipinski definition) is 6. The molecule has 0 saturated heterocycles. The fourth-order valence-electron chi connectivity index (χ4n) is 0.672. The lowest BCUT2D eigenvalue weighted by Gasteiger charge is -1.99. The van der Waals surface area contributed by atoms with Gasteiger partial charge >= 0.3 is 13.4 Å². The summed E-state index contributed by atoms with van der Waals surface area (Å²) in [6.07, 6.45) is 1.73. The molecule has 0 atom stereocenters. The quantitative estimate of drug-likeness (QED) is 0.338. The van der Waals surface area contributed by atoms with Crippen molar-refractivity contribution in [1.82, 2.24) is 0 Å². The lowest BCUT2D eigenvalue weighted by atomic mass is 10.3. The standard InChI is InChI=1S/C9H10O.2H3O3PS/c1-2-8-10-9-6-4-3-5-7-9;2*1-4(2,3)5/h2-7H,1,8H2;2*(H3,1,2,3,5). The van der Waals surface area contributed by atoms with Crippen LogP contribution in [-0.2, 0) is 23.6 Å². The van der Waals surface area contributed by atoms with Gasteiger partial charge in [-0.3, -0.25) is 0 Å². The summed E-state index contributed by atoms with van der Waals surface area (Å²) in [5.41, 5.74) is 0. The third-order valence-corrected chi connectivity index (χ3v) is 1.11. The molecule has 20 heavy (non-hydrogen) atoms. The fourth-order valence-corrected chi connectivity index (χ4v) is 0.672. The minimum atomic E-state index is -3.81. The maximum absolute atomic E-state index is 7.56. The van der Waals surface area contributed by atoms with Crippen molar-refractivity contribution >= 4 is 37.1 Å². The Morgan fingerprint density at radius 2 is 1.30 bits per heavy atom. The van der Waals surface area contributed by atoms with Gasteiger partial charge in [-0.05, 0) is 35.7 Å². The Balaban J connectivity index is 0. The SMILES string of the molecule is C=CCOc1ccccc1.OP(O)(O)=S.OP(O)(O)=S. The highest BCUT2D eigenvalue weighted by molar-refractivity contribution is 8.06. The zero-order valence-corrected chi connectivity index (χ0v) is 13.6. The predicted octanol–water partition coefficient (Wildman–Crippen LogP) is 0.627. The summed E-state index contributed by atoms with van der Waals surface area (Å²) < 4.78 is 5.24. The lowest BCUT2D eigenvalue weighted by molar-refractivity contribution is 0.361. The first-order valence-electron chi connectivity index (χ1n) is 4.79. The van der Waals surface area contributed by atoms with Crippen LogP contribution in [0.25, 0.3) is 0 Å². The van der Waals surface area contributed by atoms with Crippen molar-refractivity contribution in [2.75, 3.05) is 6.61 Å². The van der Waals surface area contributed by atoms with Gasteiger partial charge in [0.25, 0.3) is 0 Å². The Hall–Kier alpha value is -0.180. The predicted molar refractivity (Wildman–Crippen MR) is 84.0 cm³/mol. The van der Waals surface area contributed by atoms with Crippen LogP contribution in [0, 0.1) is 0 Å². The zero-order chi connectivity index (χ0) is 16.2. The number of benzene rings is 1. The van der Waals surface area contributed by atoms with Gasteiger partial charge < -0.3 is 34.1 Å². The van der Waals surface area contributed by atoms with E-state index in [2.05, 4.69) is 30.2 Å². The molecule has 0 saturated carbocycles. The van der Waals surface area contributed by atoms with Gasteiger partial charge in [0.1, 0.15) is 12.4 Å². The maximum atomic E-state index is 7.56. The Bertz CT molecular complexity index is 420. The highest BCUT2D eigenvalue weighted by Crippen LogP contribution is 2.26. The van der Waals surface area contributed by atoms with E-state index in [1.54, 1.807) is 6.08 Å². The molecule has 0 fully saturated rings. The van der Waals surface area contributed by atoms with Gasteiger partial charge in [0.05, 0.1) is 0 Å². The molecule has 0 amide bonds. The minimum Gasteiger partial charge on any atom is -0.490 e. The highest BCUT2D eigenvalue weighted by Gasteiger charge is 1.92. The summed E-state index contributed by atoms with van der Waals surface area (Å²) in [5, 5.41) is 0. The van der Waals surface area contributed by atoms with Gasteiger partial charge in [0.15, 0.2) is 0 Å². The van der Waals surface area contributed by atoms with Gasteiger partial charge in [-0.15, -0.1) is 0 Å². The van der Waals surface area contributed by atoms with Crippen LogP contribution in [0.5, 0.6) is 5.75 Å². The van der Waals surface area contributed by atoms with E-state index in [1.165, 1.54) is 0 Å². The van der Waals surface area contributed by atoms with Crippen LogP contribution in [0.4, 0.5) is 0 Å². The van der Waals surface area contributed by atoms with Crippen LogP contribution >= 0.6 is 13.4 Å². The monoisotopic (exact) mass is 362 g/mol. The molecule has 6 N–H and O–H groups in total. The molecule has 0 aliphatic heterocycles. The van der Waals surface area contributed by atoms with E-state index in [0.29, 0.717) is 6.61 Å². The Labute approximate surface area is 126 Å². The molecule has 1 aromatic carbocycles. The molecule has 0 radical (unpaired) electrons. The van der Waals surface area contributed by atoms with E-state index in [-0.39, 0.29) is 0 Å². The molecular weight excluding hydrogens is 346 g/mol. The molecule has 116 valence electrons. The average molecular weight is 362 g/mol. The van der Waals surface area contributed by atoms with Crippen molar-refractivity contribution in [1.29, 1.82) is 0 Å². The van der Waals surface area contributed by atoms with Gasteiger partial charge in [-0.1, -0.05) is 30.9 Å².